The number of aryl methyl sites for hydroxylation is 1. The topological polar surface area (TPSA) is 85.7 Å². The van der Waals surface area contributed by atoms with Crippen LogP contribution in [0.5, 0.6) is 11.5 Å². The van der Waals surface area contributed by atoms with Crippen molar-refractivity contribution in [1.82, 2.24) is 4.98 Å². The SMILES string of the molecule is O=C(COc1ccc(C(=O)c2ccccc2)c(O)c1)OCCCc1cccnc1. The molecule has 3 rings (SSSR count). The van der Waals surface area contributed by atoms with Crippen LogP contribution in [0, 0.1) is 0 Å². The fourth-order valence-electron chi connectivity index (χ4n) is 2.73. The number of aromatic nitrogens is 1. The molecule has 0 bridgehead atoms. The second-order valence-electron chi connectivity index (χ2n) is 6.35. The summed E-state index contributed by atoms with van der Waals surface area (Å²) in [5, 5.41) is 10.1. The summed E-state index contributed by atoms with van der Waals surface area (Å²) in [4.78, 5) is 28.2. The number of ketones is 1. The number of phenols is 1. The molecule has 148 valence electrons. The maximum atomic E-state index is 12.4. The van der Waals surface area contributed by atoms with E-state index in [4.69, 9.17) is 9.47 Å². The summed E-state index contributed by atoms with van der Waals surface area (Å²) in [6.07, 6.45) is 4.95. The summed E-state index contributed by atoms with van der Waals surface area (Å²) in [5.74, 6) is -0.719. The lowest BCUT2D eigenvalue weighted by Crippen LogP contribution is -2.15. The van der Waals surface area contributed by atoms with Crippen LogP contribution in [-0.2, 0) is 16.0 Å². The molecule has 0 aliphatic heterocycles. The number of phenolic OH excluding ortho intramolecular Hbond substituents is 1. The van der Waals surface area contributed by atoms with Gasteiger partial charge in [-0.15, -0.1) is 0 Å². The van der Waals surface area contributed by atoms with Gasteiger partial charge < -0.3 is 14.6 Å². The first-order chi connectivity index (χ1) is 14.1. The van der Waals surface area contributed by atoms with Gasteiger partial charge in [-0.25, -0.2) is 4.79 Å². The second kappa shape index (κ2) is 10.0. The van der Waals surface area contributed by atoms with Gasteiger partial charge in [-0.05, 0) is 36.6 Å². The van der Waals surface area contributed by atoms with E-state index in [1.165, 1.54) is 18.2 Å². The van der Waals surface area contributed by atoms with E-state index < -0.39 is 5.97 Å². The molecule has 0 amide bonds. The standard InChI is InChI=1S/C23H21NO5/c25-21-14-19(10-11-20(21)23(27)18-8-2-1-3-9-18)29-16-22(26)28-13-5-7-17-6-4-12-24-15-17/h1-4,6,8-12,14-15,25H,5,7,13,16H2. The number of nitrogens with zero attached hydrogens (tertiary/aromatic N) is 1. The minimum atomic E-state index is -0.500. The minimum Gasteiger partial charge on any atom is -0.507 e. The smallest absolute Gasteiger partial charge is 0.344 e. The molecule has 3 aromatic rings. The van der Waals surface area contributed by atoms with E-state index >= 15 is 0 Å². The van der Waals surface area contributed by atoms with Crippen LogP contribution < -0.4 is 4.74 Å². The van der Waals surface area contributed by atoms with Gasteiger partial charge in [0.1, 0.15) is 11.5 Å². The minimum absolute atomic E-state index is 0.168. The second-order valence-corrected chi connectivity index (χ2v) is 6.35. The van der Waals surface area contributed by atoms with Crippen LogP contribution in [0.4, 0.5) is 0 Å². The first-order valence-corrected chi connectivity index (χ1v) is 9.23. The molecule has 0 aliphatic rings. The highest BCUT2D eigenvalue weighted by molar-refractivity contribution is 6.10. The third-order valence-corrected chi connectivity index (χ3v) is 4.20. The molecule has 1 N–H and O–H groups in total. The number of pyridine rings is 1. The number of carbonyl (C=O) groups is 2. The molecule has 0 spiro atoms. The molecule has 1 aromatic heterocycles. The molecule has 6 nitrogen and oxygen atoms in total. The van der Waals surface area contributed by atoms with E-state index in [0.29, 0.717) is 12.0 Å². The van der Waals surface area contributed by atoms with Crippen molar-refractivity contribution < 1.29 is 24.2 Å². The summed E-state index contributed by atoms with van der Waals surface area (Å²) in [7, 11) is 0. The zero-order valence-electron chi connectivity index (χ0n) is 15.8. The van der Waals surface area contributed by atoms with Crippen molar-refractivity contribution >= 4 is 11.8 Å². The monoisotopic (exact) mass is 391 g/mol. The Kier molecular flexibility index (Phi) is 6.95. The molecule has 0 aliphatic carbocycles. The van der Waals surface area contributed by atoms with Gasteiger partial charge in [0.05, 0.1) is 12.2 Å². The van der Waals surface area contributed by atoms with Crippen molar-refractivity contribution in [3.63, 3.8) is 0 Å². The van der Waals surface area contributed by atoms with Crippen LogP contribution >= 0.6 is 0 Å². The van der Waals surface area contributed by atoms with E-state index in [1.54, 1.807) is 36.7 Å². The molecule has 0 fully saturated rings. The van der Waals surface area contributed by atoms with Crippen LogP contribution in [0.1, 0.15) is 27.9 Å². The molecule has 6 heteroatoms. The summed E-state index contributed by atoms with van der Waals surface area (Å²) >= 11 is 0. The largest absolute Gasteiger partial charge is 0.507 e. The highest BCUT2D eigenvalue weighted by Crippen LogP contribution is 2.26. The molecule has 2 aromatic carbocycles. The van der Waals surface area contributed by atoms with E-state index in [0.717, 1.165) is 12.0 Å². The summed E-state index contributed by atoms with van der Waals surface area (Å²) in [5.41, 5.74) is 1.73. The van der Waals surface area contributed by atoms with Crippen LogP contribution in [0.15, 0.2) is 73.1 Å². The van der Waals surface area contributed by atoms with Gasteiger partial charge in [-0.1, -0.05) is 36.4 Å². The molecule has 29 heavy (non-hydrogen) atoms. The molecule has 0 unspecified atom stereocenters. The van der Waals surface area contributed by atoms with Crippen molar-refractivity contribution in [1.29, 1.82) is 0 Å². The number of esters is 1. The first kappa shape index (κ1) is 20.1. The maximum absolute atomic E-state index is 12.4. The Morgan fingerprint density at radius 1 is 1.00 bits per heavy atom. The Morgan fingerprint density at radius 2 is 1.83 bits per heavy atom. The van der Waals surface area contributed by atoms with Gasteiger partial charge in [-0.3, -0.25) is 9.78 Å². The molecule has 0 saturated carbocycles. The van der Waals surface area contributed by atoms with E-state index in [9.17, 15) is 14.7 Å². The maximum Gasteiger partial charge on any atom is 0.344 e. The number of benzene rings is 2. The fourth-order valence-corrected chi connectivity index (χ4v) is 2.73. The van der Waals surface area contributed by atoms with Crippen LogP contribution in [0.2, 0.25) is 0 Å². The number of carbonyl (C=O) groups excluding carboxylic acids is 2. The lowest BCUT2D eigenvalue weighted by atomic mass is 10.0. The number of ether oxygens (including phenoxy) is 2. The molecular weight excluding hydrogens is 370 g/mol. The average Bonchev–Trinajstić information content (AvgIpc) is 2.76. The normalized spacial score (nSPS) is 10.3. The van der Waals surface area contributed by atoms with Crippen molar-refractivity contribution in [2.45, 2.75) is 12.8 Å². The number of hydrogen-bond acceptors (Lipinski definition) is 6. The predicted molar refractivity (Wildman–Crippen MR) is 107 cm³/mol. The van der Waals surface area contributed by atoms with Gasteiger partial charge in [0, 0.05) is 24.0 Å². The van der Waals surface area contributed by atoms with Crippen molar-refractivity contribution in [2.75, 3.05) is 13.2 Å². The highest BCUT2D eigenvalue weighted by atomic mass is 16.6. The predicted octanol–water partition coefficient (Wildman–Crippen LogP) is 3.57. The van der Waals surface area contributed by atoms with Gasteiger partial charge in [0.2, 0.25) is 0 Å². The van der Waals surface area contributed by atoms with Crippen molar-refractivity contribution in [3.8, 4) is 11.5 Å². The van der Waals surface area contributed by atoms with Crippen LogP contribution in [-0.4, -0.2) is 35.1 Å². The number of rotatable bonds is 9. The third kappa shape index (κ3) is 5.90. The lowest BCUT2D eigenvalue weighted by molar-refractivity contribution is -0.146. The summed E-state index contributed by atoms with van der Waals surface area (Å²) < 4.78 is 10.5. The Labute approximate surface area is 168 Å². The quantitative estimate of drug-likeness (QED) is 0.341. The molecular formula is C23H21NO5. The Hall–Kier alpha value is -3.67. The first-order valence-electron chi connectivity index (χ1n) is 9.23. The van der Waals surface area contributed by atoms with E-state index in [-0.39, 0.29) is 36.1 Å². The lowest BCUT2D eigenvalue weighted by Gasteiger charge is -2.09. The van der Waals surface area contributed by atoms with Gasteiger partial charge in [-0.2, -0.15) is 0 Å². The van der Waals surface area contributed by atoms with E-state index in [2.05, 4.69) is 4.98 Å². The Balaban J connectivity index is 1.45. The third-order valence-electron chi connectivity index (χ3n) is 4.20. The zero-order chi connectivity index (χ0) is 20.5. The van der Waals surface area contributed by atoms with E-state index in [1.807, 2.05) is 18.2 Å². The number of aromatic hydroxyl groups is 1. The average molecular weight is 391 g/mol. The van der Waals surface area contributed by atoms with Gasteiger partial charge >= 0.3 is 5.97 Å². The fraction of sp³-hybridized carbons (Fsp3) is 0.174. The molecule has 1 heterocycles. The Bertz CT molecular complexity index is 958. The van der Waals surface area contributed by atoms with Crippen LogP contribution in [0.3, 0.4) is 0 Å². The summed E-state index contributed by atoms with van der Waals surface area (Å²) in [6, 6.07) is 16.8. The molecule has 0 saturated heterocycles. The highest BCUT2D eigenvalue weighted by Gasteiger charge is 2.14. The summed E-state index contributed by atoms with van der Waals surface area (Å²) in [6.45, 7) is 0.00512. The van der Waals surface area contributed by atoms with Crippen molar-refractivity contribution in [2.24, 2.45) is 0 Å². The molecule has 0 radical (unpaired) electrons. The Morgan fingerprint density at radius 3 is 2.55 bits per heavy atom. The van der Waals surface area contributed by atoms with Gasteiger partial charge in [0.25, 0.3) is 0 Å². The van der Waals surface area contributed by atoms with Crippen LogP contribution in [0.25, 0.3) is 0 Å². The van der Waals surface area contributed by atoms with Gasteiger partial charge in [0.15, 0.2) is 12.4 Å². The van der Waals surface area contributed by atoms with Crippen molar-refractivity contribution in [3.05, 3.63) is 89.7 Å². The molecule has 0 atom stereocenters. The zero-order valence-corrected chi connectivity index (χ0v) is 15.8. The number of hydrogen-bond donors (Lipinski definition) is 1.